The molecule has 2 aliphatic rings. The number of carboxylic acid groups (broad SMARTS) is 1. The van der Waals surface area contributed by atoms with Gasteiger partial charge in [0.15, 0.2) is 0 Å². The van der Waals surface area contributed by atoms with Gasteiger partial charge in [-0.05, 0) is 22.6 Å². The van der Waals surface area contributed by atoms with E-state index in [4.69, 9.17) is 14.6 Å². The number of carboxylic acids is 1. The standard InChI is InChI=1S/C14H19NO.C2HF3O2/c1-9(2)10-4-3-5-11-12-6-15-7-14(12)16-8-13(10)11;3-2(4,5)1(6)7/h3-5,9,12,14-15H,6-8H2,1-2H3;(H,6,7). The highest BCUT2D eigenvalue weighted by Crippen LogP contribution is 2.36. The number of benzene rings is 1. The monoisotopic (exact) mass is 331 g/mol. The summed E-state index contributed by atoms with van der Waals surface area (Å²) in [6.45, 7) is 7.39. The first-order valence-electron chi connectivity index (χ1n) is 7.46. The van der Waals surface area contributed by atoms with Crippen molar-refractivity contribution in [1.29, 1.82) is 0 Å². The zero-order valence-electron chi connectivity index (χ0n) is 13.0. The third-order valence-electron chi connectivity index (χ3n) is 4.11. The van der Waals surface area contributed by atoms with E-state index in [1.165, 1.54) is 16.7 Å². The third kappa shape index (κ3) is 4.03. The highest BCUT2D eigenvalue weighted by atomic mass is 19.4. The molecule has 7 heteroatoms. The molecule has 23 heavy (non-hydrogen) atoms. The Balaban J connectivity index is 0.000000236. The van der Waals surface area contributed by atoms with Crippen LogP contribution in [0.2, 0.25) is 0 Å². The number of hydrogen-bond acceptors (Lipinski definition) is 3. The van der Waals surface area contributed by atoms with Crippen molar-refractivity contribution in [2.45, 2.75) is 44.6 Å². The molecule has 1 aromatic rings. The maximum atomic E-state index is 10.6. The van der Waals surface area contributed by atoms with Crippen LogP contribution in [0.1, 0.15) is 42.4 Å². The minimum absolute atomic E-state index is 0.398. The Morgan fingerprint density at radius 1 is 1.35 bits per heavy atom. The predicted octanol–water partition coefficient (Wildman–Crippen LogP) is 3.03. The van der Waals surface area contributed by atoms with Gasteiger partial charge in [0.2, 0.25) is 0 Å². The van der Waals surface area contributed by atoms with Crippen molar-refractivity contribution in [3.05, 3.63) is 34.9 Å². The summed E-state index contributed by atoms with van der Waals surface area (Å²) in [5, 5.41) is 10.6. The summed E-state index contributed by atoms with van der Waals surface area (Å²) in [4.78, 5) is 8.90. The molecule has 0 saturated carbocycles. The zero-order valence-corrected chi connectivity index (χ0v) is 13.0. The molecule has 3 rings (SSSR count). The minimum atomic E-state index is -5.08. The van der Waals surface area contributed by atoms with Gasteiger partial charge < -0.3 is 15.2 Å². The van der Waals surface area contributed by atoms with Crippen LogP contribution in [0.3, 0.4) is 0 Å². The molecule has 1 aromatic carbocycles. The van der Waals surface area contributed by atoms with Gasteiger partial charge in [-0.1, -0.05) is 32.0 Å². The molecule has 4 nitrogen and oxygen atoms in total. The molecule has 2 aliphatic heterocycles. The van der Waals surface area contributed by atoms with Crippen LogP contribution in [0.4, 0.5) is 13.2 Å². The maximum Gasteiger partial charge on any atom is 0.490 e. The molecular weight excluding hydrogens is 311 g/mol. The molecule has 2 N–H and O–H groups in total. The third-order valence-corrected chi connectivity index (χ3v) is 4.11. The number of carbonyl (C=O) groups is 1. The quantitative estimate of drug-likeness (QED) is 0.830. The van der Waals surface area contributed by atoms with Crippen LogP contribution in [0.15, 0.2) is 18.2 Å². The molecule has 2 unspecified atom stereocenters. The largest absolute Gasteiger partial charge is 0.490 e. The van der Waals surface area contributed by atoms with Crippen molar-refractivity contribution in [3.63, 3.8) is 0 Å². The first kappa shape index (κ1) is 17.7. The van der Waals surface area contributed by atoms with Crippen molar-refractivity contribution >= 4 is 5.97 Å². The molecule has 0 aromatic heterocycles. The van der Waals surface area contributed by atoms with E-state index < -0.39 is 12.1 Å². The summed E-state index contributed by atoms with van der Waals surface area (Å²) in [5.41, 5.74) is 4.43. The van der Waals surface area contributed by atoms with Crippen molar-refractivity contribution in [1.82, 2.24) is 5.32 Å². The van der Waals surface area contributed by atoms with Crippen molar-refractivity contribution in [2.75, 3.05) is 13.1 Å². The van der Waals surface area contributed by atoms with Gasteiger partial charge in [0.05, 0.1) is 12.7 Å². The average molecular weight is 331 g/mol. The fourth-order valence-electron chi connectivity index (χ4n) is 3.01. The zero-order chi connectivity index (χ0) is 17.2. The molecule has 1 fully saturated rings. The molecule has 2 heterocycles. The van der Waals surface area contributed by atoms with E-state index in [9.17, 15) is 13.2 Å². The average Bonchev–Trinajstić information content (AvgIpc) is 2.94. The van der Waals surface area contributed by atoms with E-state index in [0.29, 0.717) is 17.9 Å². The Hall–Kier alpha value is -1.60. The second-order valence-corrected chi connectivity index (χ2v) is 5.99. The summed E-state index contributed by atoms with van der Waals surface area (Å²) < 4.78 is 37.7. The van der Waals surface area contributed by atoms with E-state index in [2.05, 4.69) is 37.4 Å². The number of ether oxygens (including phenoxy) is 1. The smallest absolute Gasteiger partial charge is 0.475 e. The molecular formula is C16H20F3NO3. The Morgan fingerprint density at radius 3 is 2.57 bits per heavy atom. The first-order chi connectivity index (χ1) is 10.7. The molecule has 0 radical (unpaired) electrons. The summed E-state index contributed by atoms with van der Waals surface area (Å²) in [5.74, 6) is -1.60. The summed E-state index contributed by atoms with van der Waals surface area (Å²) in [7, 11) is 0. The number of alkyl halides is 3. The molecule has 128 valence electrons. The maximum absolute atomic E-state index is 10.6. The van der Waals surface area contributed by atoms with Crippen molar-refractivity contribution in [2.24, 2.45) is 0 Å². The first-order valence-corrected chi connectivity index (χ1v) is 7.46. The lowest BCUT2D eigenvalue weighted by Gasteiger charge is -2.30. The van der Waals surface area contributed by atoms with Crippen LogP contribution in [0.25, 0.3) is 0 Å². The SMILES string of the molecule is CC(C)c1cccc2c1COC1CNCC21.O=C(O)C(F)(F)F. The Bertz CT molecular complexity index is 572. The van der Waals surface area contributed by atoms with Crippen molar-refractivity contribution in [3.8, 4) is 0 Å². The Kier molecular flexibility index (Phi) is 5.31. The van der Waals surface area contributed by atoms with Gasteiger partial charge in [-0.2, -0.15) is 13.2 Å². The van der Waals surface area contributed by atoms with E-state index >= 15 is 0 Å². The Labute approximate surface area is 132 Å². The van der Waals surface area contributed by atoms with Gasteiger partial charge in [0.25, 0.3) is 0 Å². The van der Waals surface area contributed by atoms with Gasteiger partial charge in [0.1, 0.15) is 0 Å². The van der Waals surface area contributed by atoms with E-state index in [1.807, 2.05) is 0 Å². The topological polar surface area (TPSA) is 58.6 Å². The normalized spacial score (nSPS) is 22.9. The summed E-state index contributed by atoms with van der Waals surface area (Å²) in [6, 6.07) is 6.73. The van der Waals surface area contributed by atoms with E-state index in [-0.39, 0.29) is 0 Å². The van der Waals surface area contributed by atoms with E-state index in [0.717, 1.165) is 19.7 Å². The molecule has 0 amide bonds. The summed E-state index contributed by atoms with van der Waals surface area (Å²) >= 11 is 0. The molecule has 0 spiro atoms. The lowest BCUT2D eigenvalue weighted by Crippen LogP contribution is -2.27. The van der Waals surface area contributed by atoms with Crippen LogP contribution < -0.4 is 5.32 Å². The number of rotatable bonds is 1. The van der Waals surface area contributed by atoms with E-state index in [1.54, 1.807) is 0 Å². The van der Waals surface area contributed by atoms with Crippen LogP contribution in [0.5, 0.6) is 0 Å². The number of halogens is 3. The highest BCUT2D eigenvalue weighted by molar-refractivity contribution is 5.73. The van der Waals surface area contributed by atoms with Crippen LogP contribution in [0, 0.1) is 0 Å². The lowest BCUT2D eigenvalue weighted by atomic mass is 9.84. The number of aliphatic carboxylic acids is 1. The molecule has 0 bridgehead atoms. The second-order valence-electron chi connectivity index (χ2n) is 5.99. The van der Waals surface area contributed by atoms with Gasteiger partial charge in [-0.3, -0.25) is 0 Å². The Morgan fingerprint density at radius 2 is 2.00 bits per heavy atom. The molecule has 1 saturated heterocycles. The second kappa shape index (κ2) is 6.88. The minimum Gasteiger partial charge on any atom is -0.475 e. The van der Waals surface area contributed by atoms with Gasteiger partial charge >= 0.3 is 12.1 Å². The van der Waals surface area contributed by atoms with Crippen LogP contribution in [-0.4, -0.2) is 36.4 Å². The summed E-state index contributed by atoms with van der Waals surface area (Å²) in [6.07, 6.45) is -4.69. The van der Waals surface area contributed by atoms with Crippen LogP contribution >= 0.6 is 0 Å². The number of nitrogens with one attached hydrogen (secondary N) is 1. The number of fused-ring (bicyclic) bond motifs is 3. The molecule has 0 aliphatic carbocycles. The lowest BCUT2D eigenvalue weighted by molar-refractivity contribution is -0.192. The van der Waals surface area contributed by atoms with Crippen molar-refractivity contribution < 1.29 is 27.8 Å². The molecule has 2 atom stereocenters. The highest BCUT2D eigenvalue weighted by Gasteiger charge is 2.38. The van der Waals surface area contributed by atoms with Gasteiger partial charge in [0, 0.05) is 19.0 Å². The fraction of sp³-hybridized carbons (Fsp3) is 0.562. The predicted molar refractivity (Wildman–Crippen MR) is 78.4 cm³/mol. The van der Waals surface area contributed by atoms with Gasteiger partial charge in [-0.25, -0.2) is 4.79 Å². The van der Waals surface area contributed by atoms with Crippen LogP contribution in [-0.2, 0) is 16.1 Å². The van der Waals surface area contributed by atoms with Gasteiger partial charge in [-0.15, -0.1) is 0 Å². The number of hydrogen-bond donors (Lipinski definition) is 2. The fourth-order valence-corrected chi connectivity index (χ4v) is 3.01.